The molecule has 7 nitrogen and oxygen atoms in total. The number of carbonyl (C=O) groups is 1. The van der Waals surface area contributed by atoms with Crippen LogP contribution in [0.15, 0.2) is 36.7 Å². The van der Waals surface area contributed by atoms with Crippen LogP contribution in [0.5, 0.6) is 0 Å². The largest absolute Gasteiger partial charge is 0.367 e. The Morgan fingerprint density at radius 2 is 2.00 bits per heavy atom. The van der Waals surface area contributed by atoms with Crippen LogP contribution in [-0.2, 0) is 22.6 Å². The number of benzene rings is 1. The molecule has 134 valence electrons. The number of aromatic nitrogens is 4. The molecule has 3 rings (SSSR count). The minimum Gasteiger partial charge on any atom is -0.367 e. The van der Waals surface area contributed by atoms with Crippen molar-refractivity contribution in [2.24, 2.45) is 0 Å². The highest BCUT2D eigenvalue weighted by molar-refractivity contribution is 5.76. The van der Waals surface area contributed by atoms with E-state index in [1.807, 2.05) is 35.2 Å². The highest BCUT2D eigenvalue weighted by atomic mass is 16.5. The lowest BCUT2D eigenvalue weighted by molar-refractivity contribution is -0.140. The van der Waals surface area contributed by atoms with E-state index < -0.39 is 5.60 Å². The van der Waals surface area contributed by atoms with Gasteiger partial charge in [0.25, 0.3) is 0 Å². The molecule has 1 saturated heterocycles. The monoisotopic (exact) mass is 343 g/mol. The zero-order valence-corrected chi connectivity index (χ0v) is 15.2. The average molecular weight is 343 g/mol. The number of ether oxygens (including phenoxy) is 1. The predicted molar refractivity (Wildman–Crippen MR) is 92.5 cm³/mol. The van der Waals surface area contributed by atoms with Gasteiger partial charge in [-0.05, 0) is 50.1 Å². The van der Waals surface area contributed by atoms with Crippen LogP contribution in [0, 0.1) is 0 Å². The van der Waals surface area contributed by atoms with E-state index in [4.69, 9.17) is 4.74 Å². The van der Waals surface area contributed by atoms with Gasteiger partial charge in [-0.2, -0.15) is 0 Å². The van der Waals surface area contributed by atoms with E-state index in [9.17, 15) is 4.79 Å². The van der Waals surface area contributed by atoms with Gasteiger partial charge in [0.2, 0.25) is 5.91 Å². The third-order valence-electron chi connectivity index (χ3n) is 4.61. The summed E-state index contributed by atoms with van der Waals surface area (Å²) in [4.78, 5) is 15.0. The summed E-state index contributed by atoms with van der Waals surface area (Å²) in [5, 5.41) is 11.0. The van der Waals surface area contributed by atoms with Crippen molar-refractivity contribution in [2.45, 2.75) is 64.4 Å². The normalized spacial score (nSPS) is 21.2. The molecule has 1 amide bonds. The van der Waals surface area contributed by atoms with E-state index >= 15 is 0 Å². The van der Waals surface area contributed by atoms with E-state index in [0.29, 0.717) is 6.54 Å². The number of amides is 1. The van der Waals surface area contributed by atoms with Crippen LogP contribution in [-0.4, -0.2) is 48.3 Å². The number of carbonyl (C=O) groups excluding carboxylic acids is 1. The Morgan fingerprint density at radius 3 is 2.56 bits per heavy atom. The molecule has 0 N–H and O–H groups in total. The Labute approximate surface area is 148 Å². The highest BCUT2D eigenvalue weighted by Gasteiger charge is 2.49. The van der Waals surface area contributed by atoms with Gasteiger partial charge in [-0.3, -0.25) is 4.79 Å². The molecule has 1 unspecified atom stereocenters. The first-order chi connectivity index (χ1) is 11.8. The van der Waals surface area contributed by atoms with Gasteiger partial charge in [-0.25, -0.2) is 4.68 Å². The Hall–Kier alpha value is -2.28. The molecule has 1 aliphatic heterocycles. The van der Waals surface area contributed by atoms with Crippen LogP contribution in [0.3, 0.4) is 0 Å². The highest BCUT2D eigenvalue weighted by Crippen LogP contribution is 2.40. The summed E-state index contributed by atoms with van der Waals surface area (Å²) in [6, 6.07) is 9.99. The minimum absolute atomic E-state index is 0.0180. The predicted octanol–water partition coefficient (Wildman–Crippen LogP) is 2.05. The summed E-state index contributed by atoms with van der Waals surface area (Å²) in [6.07, 6.45) is 2.24. The van der Waals surface area contributed by atoms with Crippen molar-refractivity contribution in [3.05, 3.63) is 42.2 Å². The summed E-state index contributed by atoms with van der Waals surface area (Å²) >= 11 is 0. The van der Waals surface area contributed by atoms with Gasteiger partial charge in [0.15, 0.2) is 0 Å². The quantitative estimate of drug-likeness (QED) is 0.831. The average Bonchev–Trinajstić information content (AvgIpc) is 3.10. The van der Waals surface area contributed by atoms with Crippen LogP contribution < -0.4 is 0 Å². The maximum Gasteiger partial charge on any atom is 0.245 e. The number of hydrogen-bond acceptors (Lipinski definition) is 5. The molecule has 1 aromatic heterocycles. The Morgan fingerprint density at radius 1 is 1.28 bits per heavy atom. The lowest BCUT2D eigenvalue weighted by atomic mass is 9.92. The van der Waals surface area contributed by atoms with E-state index in [1.54, 1.807) is 0 Å². The summed E-state index contributed by atoms with van der Waals surface area (Å²) in [5.41, 5.74) is 0.403. The molecule has 0 radical (unpaired) electrons. The molecule has 1 fully saturated rings. The zero-order chi connectivity index (χ0) is 18.1. The van der Waals surface area contributed by atoms with Crippen molar-refractivity contribution >= 4 is 5.91 Å². The molecule has 0 bridgehead atoms. The lowest BCUT2D eigenvalue weighted by Crippen LogP contribution is -2.50. The van der Waals surface area contributed by atoms with Gasteiger partial charge in [-0.15, -0.1) is 5.10 Å². The minimum atomic E-state index is -0.422. The van der Waals surface area contributed by atoms with Gasteiger partial charge in [0.05, 0.1) is 17.2 Å². The maximum absolute atomic E-state index is 13.1. The zero-order valence-electron chi connectivity index (χ0n) is 15.2. The van der Waals surface area contributed by atoms with Gasteiger partial charge in [0.1, 0.15) is 12.9 Å². The first-order valence-electron chi connectivity index (χ1n) is 8.51. The number of nitrogens with zero attached hydrogens (tertiary/aromatic N) is 5. The summed E-state index contributed by atoms with van der Waals surface area (Å²) < 4.78 is 7.66. The van der Waals surface area contributed by atoms with Gasteiger partial charge in [0, 0.05) is 6.54 Å². The molecule has 1 aliphatic rings. The Kier molecular flexibility index (Phi) is 4.60. The van der Waals surface area contributed by atoms with Crippen molar-refractivity contribution in [1.82, 2.24) is 25.1 Å². The van der Waals surface area contributed by atoms with Crippen molar-refractivity contribution < 1.29 is 9.53 Å². The second-order valence-corrected chi connectivity index (χ2v) is 7.70. The van der Waals surface area contributed by atoms with Crippen LogP contribution in [0.25, 0.3) is 0 Å². The molecule has 2 aromatic rings. The number of hydrogen-bond donors (Lipinski definition) is 0. The molecule has 0 spiro atoms. The summed E-state index contributed by atoms with van der Waals surface area (Å²) in [6.45, 7) is 8.90. The van der Waals surface area contributed by atoms with Gasteiger partial charge < -0.3 is 9.64 Å². The summed E-state index contributed by atoms with van der Waals surface area (Å²) in [7, 11) is 0. The third kappa shape index (κ3) is 4.04. The van der Waals surface area contributed by atoms with Crippen molar-refractivity contribution in [2.75, 3.05) is 0 Å². The molecule has 2 heterocycles. The second-order valence-electron chi connectivity index (χ2n) is 7.70. The SMILES string of the molecule is CC1(C)CC(N(Cc2ccccc2)C(=O)Cn2cnnn2)C(C)(C)O1. The Balaban J connectivity index is 1.87. The fourth-order valence-corrected chi connectivity index (χ4v) is 3.65. The molecule has 0 saturated carbocycles. The topological polar surface area (TPSA) is 73.1 Å². The molecule has 7 heteroatoms. The first kappa shape index (κ1) is 17.5. The molecule has 0 aliphatic carbocycles. The van der Waals surface area contributed by atoms with Crippen molar-refractivity contribution in [1.29, 1.82) is 0 Å². The smallest absolute Gasteiger partial charge is 0.245 e. The number of rotatable bonds is 5. The van der Waals surface area contributed by atoms with E-state index in [-0.39, 0.29) is 24.1 Å². The summed E-state index contributed by atoms with van der Waals surface area (Å²) in [5.74, 6) is -0.0180. The standard InChI is InChI=1S/C18H25N5O2/c1-17(2)10-15(18(3,4)25-17)23(11-14-8-6-5-7-9-14)16(24)12-22-13-19-20-21-22/h5-9,13,15H,10-12H2,1-4H3. The lowest BCUT2D eigenvalue weighted by Gasteiger charge is -2.36. The second kappa shape index (κ2) is 6.55. The van der Waals surface area contributed by atoms with Crippen LogP contribution in [0.4, 0.5) is 0 Å². The maximum atomic E-state index is 13.1. The molecular formula is C18H25N5O2. The Bertz CT molecular complexity index is 712. The van der Waals surface area contributed by atoms with Crippen LogP contribution in [0.2, 0.25) is 0 Å². The molecule has 1 aromatic carbocycles. The fraction of sp³-hybridized carbons (Fsp3) is 0.556. The van der Waals surface area contributed by atoms with Crippen molar-refractivity contribution in [3.8, 4) is 0 Å². The van der Waals surface area contributed by atoms with E-state index in [2.05, 4.69) is 43.2 Å². The van der Waals surface area contributed by atoms with E-state index in [1.165, 1.54) is 11.0 Å². The third-order valence-corrected chi connectivity index (χ3v) is 4.61. The first-order valence-corrected chi connectivity index (χ1v) is 8.51. The van der Waals surface area contributed by atoms with Crippen LogP contribution in [0.1, 0.15) is 39.7 Å². The number of tetrazole rings is 1. The van der Waals surface area contributed by atoms with E-state index in [0.717, 1.165) is 12.0 Å². The molecule has 1 atom stereocenters. The van der Waals surface area contributed by atoms with Gasteiger partial charge in [-0.1, -0.05) is 30.3 Å². The molecular weight excluding hydrogens is 318 g/mol. The fourth-order valence-electron chi connectivity index (χ4n) is 3.65. The van der Waals surface area contributed by atoms with Crippen LogP contribution >= 0.6 is 0 Å². The molecule has 25 heavy (non-hydrogen) atoms. The van der Waals surface area contributed by atoms with Crippen molar-refractivity contribution in [3.63, 3.8) is 0 Å². The van der Waals surface area contributed by atoms with Gasteiger partial charge >= 0.3 is 0 Å².